The standard InChI is InChI=1S/C15H24N2O/c1-3-10-16-13-5-4-11-17(12-13)14-6-8-15(18-2)9-7-14/h6-9,13,16H,3-5,10-12H2,1-2H3. The van der Waals surface area contributed by atoms with Gasteiger partial charge < -0.3 is 15.0 Å². The van der Waals surface area contributed by atoms with Gasteiger partial charge in [-0.2, -0.15) is 0 Å². The van der Waals surface area contributed by atoms with Crippen LogP contribution in [0.25, 0.3) is 0 Å². The zero-order valence-corrected chi connectivity index (χ0v) is 11.5. The van der Waals surface area contributed by atoms with E-state index in [9.17, 15) is 0 Å². The molecule has 0 aliphatic carbocycles. The van der Waals surface area contributed by atoms with Gasteiger partial charge in [0.1, 0.15) is 5.75 Å². The molecule has 1 atom stereocenters. The number of hydrogen-bond donors (Lipinski definition) is 1. The Bertz CT molecular complexity index is 350. The van der Waals surface area contributed by atoms with E-state index in [1.165, 1.54) is 24.9 Å². The molecule has 1 aromatic rings. The lowest BCUT2D eigenvalue weighted by molar-refractivity contribution is 0.413. The summed E-state index contributed by atoms with van der Waals surface area (Å²) < 4.78 is 5.20. The lowest BCUT2D eigenvalue weighted by Crippen LogP contribution is -2.46. The van der Waals surface area contributed by atoms with Gasteiger partial charge in [0.15, 0.2) is 0 Å². The Kier molecular flexibility index (Phi) is 4.88. The van der Waals surface area contributed by atoms with E-state index in [0.717, 1.165) is 25.4 Å². The summed E-state index contributed by atoms with van der Waals surface area (Å²) in [5.41, 5.74) is 1.30. The van der Waals surface area contributed by atoms with E-state index in [2.05, 4.69) is 29.3 Å². The minimum atomic E-state index is 0.640. The first-order valence-electron chi connectivity index (χ1n) is 6.96. The van der Waals surface area contributed by atoms with Crippen LogP contribution in [0.2, 0.25) is 0 Å². The third-order valence-corrected chi connectivity index (χ3v) is 3.54. The molecule has 1 fully saturated rings. The molecule has 2 rings (SSSR count). The Hall–Kier alpha value is -1.22. The summed E-state index contributed by atoms with van der Waals surface area (Å²) >= 11 is 0. The van der Waals surface area contributed by atoms with Crippen LogP contribution in [-0.4, -0.2) is 32.8 Å². The summed E-state index contributed by atoms with van der Waals surface area (Å²) in [6, 6.07) is 9.03. The molecule has 1 saturated heterocycles. The van der Waals surface area contributed by atoms with Gasteiger partial charge in [-0.05, 0) is 50.1 Å². The Balaban J connectivity index is 1.94. The van der Waals surface area contributed by atoms with Crippen LogP contribution in [0.1, 0.15) is 26.2 Å². The number of nitrogens with zero attached hydrogens (tertiary/aromatic N) is 1. The molecule has 3 heteroatoms. The van der Waals surface area contributed by atoms with Crippen molar-refractivity contribution in [3.05, 3.63) is 24.3 Å². The van der Waals surface area contributed by atoms with Crippen molar-refractivity contribution in [1.29, 1.82) is 0 Å². The maximum atomic E-state index is 5.20. The monoisotopic (exact) mass is 248 g/mol. The molecule has 1 aliphatic heterocycles. The van der Waals surface area contributed by atoms with Crippen molar-refractivity contribution < 1.29 is 4.74 Å². The minimum absolute atomic E-state index is 0.640. The van der Waals surface area contributed by atoms with Crippen LogP contribution >= 0.6 is 0 Å². The van der Waals surface area contributed by atoms with Gasteiger partial charge in [-0.1, -0.05) is 6.92 Å². The molecule has 0 radical (unpaired) electrons. The highest BCUT2D eigenvalue weighted by Crippen LogP contribution is 2.22. The van der Waals surface area contributed by atoms with Crippen LogP contribution in [-0.2, 0) is 0 Å². The second-order valence-electron chi connectivity index (χ2n) is 4.94. The normalized spacial score (nSPS) is 19.9. The second-order valence-corrected chi connectivity index (χ2v) is 4.94. The first-order valence-corrected chi connectivity index (χ1v) is 6.96. The first kappa shape index (κ1) is 13.2. The van der Waals surface area contributed by atoms with Crippen LogP contribution < -0.4 is 15.0 Å². The minimum Gasteiger partial charge on any atom is -0.497 e. The van der Waals surface area contributed by atoms with E-state index < -0.39 is 0 Å². The van der Waals surface area contributed by atoms with Crippen molar-refractivity contribution in [3.63, 3.8) is 0 Å². The summed E-state index contributed by atoms with van der Waals surface area (Å²) in [5.74, 6) is 0.927. The number of anilines is 1. The predicted octanol–water partition coefficient (Wildman–Crippen LogP) is 2.66. The summed E-state index contributed by atoms with van der Waals surface area (Å²) in [5, 5.41) is 3.63. The highest BCUT2D eigenvalue weighted by Gasteiger charge is 2.19. The van der Waals surface area contributed by atoms with Gasteiger partial charge in [0.25, 0.3) is 0 Å². The van der Waals surface area contributed by atoms with E-state index in [-0.39, 0.29) is 0 Å². The number of benzene rings is 1. The van der Waals surface area contributed by atoms with Crippen LogP contribution in [0.15, 0.2) is 24.3 Å². The van der Waals surface area contributed by atoms with Crippen molar-refractivity contribution in [1.82, 2.24) is 5.32 Å². The van der Waals surface area contributed by atoms with Crippen LogP contribution in [0.3, 0.4) is 0 Å². The van der Waals surface area contributed by atoms with Gasteiger partial charge >= 0.3 is 0 Å². The third-order valence-electron chi connectivity index (χ3n) is 3.54. The third kappa shape index (κ3) is 3.39. The maximum absolute atomic E-state index is 5.20. The Morgan fingerprint density at radius 1 is 1.33 bits per heavy atom. The molecule has 1 aliphatic rings. The smallest absolute Gasteiger partial charge is 0.119 e. The molecule has 0 bridgehead atoms. The van der Waals surface area contributed by atoms with E-state index in [1.807, 2.05) is 12.1 Å². The van der Waals surface area contributed by atoms with Crippen molar-refractivity contribution in [2.45, 2.75) is 32.2 Å². The molecule has 0 spiro atoms. The predicted molar refractivity (Wildman–Crippen MR) is 76.5 cm³/mol. The van der Waals surface area contributed by atoms with Gasteiger partial charge in [0.2, 0.25) is 0 Å². The molecule has 1 heterocycles. The largest absolute Gasteiger partial charge is 0.497 e. The average Bonchev–Trinajstić information content (AvgIpc) is 2.45. The van der Waals surface area contributed by atoms with Gasteiger partial charge in [-0.3, -0.25) is 0 Å². The molecule has 0 amide bonds. The molecule has 0 aromatic heterocycles. The van der Waals surface area contributed by atoms with Crippen LogP contribution in [0, 0.1) is 0 Å². The Morgan fingerprint density at radius 3 is 2.78 bits per heavy atom. The summed E-state index contributed by atoms with van der Waals surface area (Å²) in [6.07, 6.45) is 3.78. The fourth-order valence-corrected chi connectivity index (χ4v) is 2.52. The fraction of sp³-hybridized carbons (Fsp3) is 0.600. The lowest BCUT2D eigenvalue weighted by atomic mass is 10.0. The van der Waals surface area contributed by atoms with E-state index in [0.29, 0.717) is 6.04 Å². The average molecular weight is 248 g/mol. The second kappa shape index (κ2) is 6.64. The number of ether oxygens (including phenoxy) is 1. The molecule has 0 saturated carbocycles. The molecule has 1 unspecified atom stereocenters. The molecule has 3 nitrogen and oxygen atoms in total. The number of hydrogen-bond acceptors (Lipinski definition) is 3. The Morgan fingerprint density at radius 2 is 2.11 bits per heavy atom. The van der Waals surface area contributed by atoms with Gasteiger partial charge in [0.05, 0.1) is 7.11 Å². The zero-order valence-electron chi connectivity index (χ0n) is 11.5. The van der Waals surface area contributed by atoms with Crippen molar-refractivity contribution in [2.75, 3.05) is 31.6 Å². The highest BCUT2D eigenvalue weighted by atomic mass is 16.5. The van der Waals surface area contributed by atoms with E-state index in [4.69, 9.17) is 4.74 Å². The summed E-state index contributed by atoms with van der Waals surface area (Å²) in [7, 11) is 1.71. The Labute approximate surface area is 110 Å². The summed E-state index contributed by atoms with van der Waals surface area (Å²) in [6.45, 7) is 5.63. The van der Waals surface area contributed by atoms with Crippen LogP contribution in [0.5, 0.6) is 5.75 Å². The highest BCUT2D eigenvalue weighted by molar-refractivity contribution is 5.49. The SMILES string of the molecule is CCCNC1CCCN(c2ccc(OC)cc2)C1. The van der Waals surface area contributed by atoms with Gasteiger partial charge in [0, 0.05) is 24.8 Å². The quantitative estimate of drug-likeness (QED) is 0.867. The first-order chi connectivity index (χ1) is 8.83. The molecule has 18 heavy (non-hydrogen) atoms. The van der Waals surface area contributed by atoms with Crippen molar-refractivity contribution in [2.24, 2.45) is 0 Å². The summed E-state index contributed by atoms with van der Waals surface area (Å²) in [4.78, 5) is 2.47. The molecule has 100 valence electrons. The van der Waals surface area contributed by atoms with Gasteiger partial charge in [-0.15, -0.1) is 0 Å². The maximum Gasteiger partial charge on any atom is 0.119 e. The molecular formula is C15H24N2O. The topological polar surface area (TPSA) is 24.5 Å². The van der Waals surface area contributed by atoms with Crippen molar-refractivity contribution >= 4 is 5.69 Å². The van der Waals surface area contributed by atoms with Crippen molar-refractivity contribution in [3.8, 4) is 5.75 Å². The molecule has 1 aromatic carbocycles. The van der Waals surface area contributed by atoms with E-state index in [1.54, 1.807) is 7.11 Å². The fourth-order valence-electron chi connectivity index (χ4n) is 2.52. The number of methoxy groups -OCH3 is 1. The zero-order chi connectivity index (χ0) is 12.8. The van der Waals surface area contributed by atoms with E-state index >= 15 is 0 Å². The molecule has 1 N–H and O–H groups in total. The molecular weight excluding hydrogens is 224 g/mol. The number of piperidine rings is 1. The van der Waals surface area contributed by atoms with Crippen LogP contribution in [0.4, 0.5) is 5.69 Å². The number of nitrogens with one attached hydrogen (secondary N) is 1. The lowest BCUT2D eigenvalue weighted by Gasteiger charge is -2.35. The van der Waals surface area contributed by atoms with Gasteiger partial charge in [-0.25, -0.2) is 0 Å². The number of rotatable bonds is 5.